The zero-order chi connectivity index (χ0) is 14.2. The van der Waals surface area contributed by atoms with Gasteiger partial charge in [0.1, 0.15) is 11.9 Å². The van der Waals surface area contributed by atoms with Gasteiger partial charge in [0.05, 0.1) is 12.1 Å². The van der Waals surface area contributed by atoms with Crippen LogP contribution in [0.1, 0.15) is 20.3 Å². The van der Waals surface area contributed by atoms with E-state index in [4.69, 9.17) is 11.6 Å². The molecule has 1 aliphatic rings. The third-order valence-electron chi connectivity index (χ3n) is 2.96. The molecule has 1 aromatic carbocycles. The molecule has 1 heterocycles. The van der Waals surface area contributed by atoms with Crippen molar-refractivity contribution in [3.8, 4) is 0 Å². The van der Waals surface area contributed by atoms with Gasteiger partial charge in [-0.05, 0) is 32.0 Å². The van der Waals surface area contributed by atoms with Crippen molar-refractivity contribution in [1.82, 2.24) is 4.90 Å². The molecule has 1 aliphatic heterocycles. The van der Waals surface area contributed by atoms with Crippen molar-refractivity contribution >= 4 is 29.1 Å². The maximum Gasteiger partial charge on any atom is 0.252 e. The molecule has 1 unspecified atom stereocenters. The number of imide groups is 1. The molecule has 102 valence electrons. The summed E-state index contributed by atoms with van der Waals surface area (Å²) in [6.45, 7) is 3.52. The van der Waals surface area contributed by atoms with Gasteiger partial charge in [-0.1, -0.05) is 11.6 Å². The molecule has 19 heavy (non-hydrogen) atoms. The van der Waals surface area contributed by atoms with Gasteiger partial charge in [-0.15, -0.1) is 0 Å². The van der Waals surface area contributed by atoms with Crippen molar-refractivity contribution in [3.05, 3.63) is 29.0 Å². The van der Waals surface area contributed by atoms with E-state index in [1.54, 1.807) is 13.8 Å². The molecule has 6 heteroatoms. The fourth-order valence-electron chi connectivity index (χ4n) is 2.10. The van der Waals surface area contributed by atoms with Gasteiger partial charge in [0.2, 0.25) is 5.91 Å². The van der Waals surface area contributed by atoms with E-state index < -0.39 is 11.9 Å². The maximum absolute atomic E-state index is 13.6. The number of halogens is 2. The van der Waals surface area contributed by atoms with E-state index in [2.05, 4.69) is 5.32 Å². The molecule has 1 saturated heterocycles. The summed E-state index contributed by atoms with van der Waals surface area (Å²) >= 11 is 5.78. The Morgan fingerprint density at radius 1 is 1.42 bits per heavy atom. The molecular formula is C13H14ClFN2O2. The lowest BCUT2D eigenvalue weighted by Gasteiger charge is -2.19. The minimum absolute atomic E-state index is 0.0307. The van der Waals surface area contributed by atoms with Gasteiger partial charge in [-0.3, -0.25) is 14.5 Å². The van der Waals surface area contributed by atoms with Crippen molar-refractivity contribution in [3.63, 3.8) is 0 Å². The van der Waals surface area contributed by atoms with E-state index in [0.717, 1.165) is 0 Å². The van der Waals surface area contributed by atoms with Crippen LogP contribution in [0.2, 0.25) is 5.02 Å². The van der Waals surface area contributed by atoms with Gasteiger partial charge in [-0.2, -0.15) is 0 Å². The third kappa shape index (κ3) is 2.71. The Kier molecular flexibility index (Phi) is 3.75. The minimum atomic E-state index is -0.733. The number of anilines is 1. The Bertz CT molecular complexity index is 533. The highest BCUT2D eigenvalue weighted by atomic mass is 35.5. The van der Waals surface area contributed by atoms with Gasteiger partial charge >= 0.3 is 0 Å². The Morgan fingerprint density at radius 2 is 2.11 bits per heavy atom. The average molecular weight is 285 g/mol. The molecule has 0 saturated carbocycles. The van der Waals surface area contributed by atoms with Gasteiger partial charge in [0.15, 0.2) is 0 Å². The van der Waals surface area contributed by atoms with Crippen molar-refractivity contribution in [2.75, 3.05) is 5.32 Å². The van der Waals surface area contributed by atoms with Crippen molar-refractivity contribution in [1.29, 1.82) is 0 Å². The number of benzene rings is 1. The van der Waals surface area contributed by atoms with Crippen LogP contribution in [0.3, 0.4) is 0 Å². The summed E-state index contributed by atoms with van der Waals surface area (Å²) in [4.78, 5) is 25.0. The molecule has 1 fully saturated rings. The maximum atomic E-state index is 13.6. The van der Waals surface area contributed by atoms with Gasteiger partial charge < -0.3 is 5.32 Å². The molecule has 0 radical (unpaired) electrons. The van der Waals surface area contributed by atoms with Crippen LogP contribution in [-0.2, 0) is 9.59 Å². The molecule has 2 rings (SSSR count). The van der Waals surface area contributed by atoms with Crippen LogP contribution < -0.4 is 5.32 Å². The number of nitrogens with one attached hydrogen (secondary N) is 1. The van der Waals surface area contributed by atoms with E-state index in [9.17, 15) is 14.0 Å². The number of carbonyl (C=O) groups excluding carboxylic acids is 2. The average Bonchev–Trinajstić information content (AvgIpc) is 2.59. The Morgan fingerprint density at radius 3 is 2.68 bits per heavy atom. The predicted octanol–water partition coefficient (Wildman–Crippen LogP) is 2.43. The highest BCUT2D eigenvalue weighted by molar-refractivity contribution is 6.30. The highest BCUT2D eigenvalue weighted by Crippen LogP contribution is 2.24. The van der Waals surface area contributed by atoms with E-state index in [-0.39, 0.29) is 30.0 Å². The Balaban J connectivity index is 2.19. The van der Waals surface area contributed by atoms with Crippen LogP contribution >= 0.6 is 11.6 Å². The topological polar surface area (TPSA) is 49.4 Å². The van der Waals surface area contributed by atoms with Gasteiger partial charge in [0, 0.05) is 11.1 Å². The number of rotatable bonds is 3. The second-order valence-electron chi connectivity index (χ2n) is 4.72. The number of hydrogen-bond acceptors (Lipinski definition) is 3. The highest BCUT2D eigenvalue weighted by Gasteiger charge is 2.40. The first-order chi connectivity index (χ1) is 8.90. The third-order valence-corrected chi connectivity index (χ3v) is 3.19. The van der Waals surface area contributed by atoms with Crippen LogP contribution in [0.15, 0.2) is 18.2 Å². The SMILES string of the molecule is CC(C)N1C(=O)CC(Nc2cc(Cl)ccc2F)C1=O. The Hall–Kier alpha value is -1.62. The van der Waals surface area contributed by atoms with Crippen LogP contribution in [0.5, 0.6) is 0 Å². The van der Waals surface area contributed by atoms with E-state index in [1.165, 1.54) is 23.1 Å². The zero-order valence-corrected chi connectivity index (χ0v) is 11.4. The van der Waals surface area contributed by atoms with Gasteiger partial charge in [0.25, 0.3) is 5.91 Å². The van der Waals surface area contributed by atoms with Crippen molar-refractivity contribution in [2.24, 2.45) is 0 Å². The number of hydrogen-bond donors (Lipinski definition) is 1. The molecule has 1 atom stereocenters. The van der Waals surface area contributed by atoms with E-state index >= 15 is 0 Å². The lowest BCUT2D eigenvalue weighted by atomic mass is 10.2. The zero-order valence-electron chi connectivity index (χ0n) is 10.6. The van der Waals surface area contributed by atoms with E-state index in [1.807, 2.05) is 0 Å². The molecule has 0 spiro atoms. The Labute approximate surface area is 115 Å². The fourth-order valence-corrected chi connectivity index (χ4v) is 2.27. The summed E-state index contributed by atoms with van der Waals surface area (Å²) in [6.07, 6.45) is 0.0307. The van der Waals surface area contributed by atoms with Crippen LogP contribution in [0.4, 0.5) is 10.1 Å². The molecular weight excluding hydrogens is 271 g/mol. The summed E-state index contributed by atoms with van der Waals surface area (Å²) < 4.78 is 13.6. The fraction of sp³-hybridized carbons (Fsp3) is 0.385. The first-order valence-electron chi connectivity index (χ1n) is 5.97. The lowest BCUT2D eigenvalue weighted by molar-refractivity contribution is -0.140. The molecule has 1 N–H and O–H groups in total. The predicted molar refractivity (Wildman–Crippen MR) is 70.4 cm³/mol. The normalized spacial score (nSPS) is 19.4. The summed E-state index contributed by atoms with van der Waals surface area (Å²) in [5.74, 6) is -1.09. The quantitative estimate of drug-likeness (QED) is 0.867. The smallest absolute Gasteiger partial charge is 0.252 e. The molecule has 0 aromatic heterocycles. The summed E-state index contributed by atoms with van der Waals surface area (Å²) in [7, 11) is 0. The van der Waals surface area contributed by atoms with Crippen LogP contribution in [0, 0.1) is 5.82 Å². The second-order valence-corrected chi connectivity index (χ2v) is 5.16. The van der Waals surface area contributed by atoms with Crippen molar-refractivity contribution in [2.45, 2.75) is 32.4 Å². The molecule has 0 bridgehead atoms. The molecule has 4 nitrogen and oxygen atoms in total. The molecule has 0 aliphatic carbocycles. The standard InChI is InChI=1S/C13H14ClFN2O2/c1-7(2)17-12(18)6-11(13(17)19)16-10-5-8(14)3-4-9(10)15/h3-5,7,11,16H,6H2,1-2H3. The summed E-state index contributed by atoms with van der Waals surface area (Å²) in [5.41, 5.74) is 0.129. The second kappa shape index (κ2) is 5.17. The first-order valence-corrected chi connectivity index (χ1v) is 6.35. The molecule has 1 aromatic rings. The van der Waals surface area contributed by atoms with Gasteiger partial charge in [-0.25, -0.2) is 4.39 Å². The lowest BCUT2D eigenvalue weighted by Crippen LogP contribution is -2.39. The number of amides is 2. The summed E-state index contributed by atoms with van der Waals surface area (Å²) in [6, 6.07) is 3.10. The first kappa shape index (κ1) is 13.8. The number of nitrogens with zero attached hydrogens (tertiary/aromatic N) is 1. The van der Waals surface area contributed by atoms with E-state index in [0.29, 0.717) is 5.02 Å². The van der Waals surface area contributed by atoms with Crippen LogP contribution in [0.25, 0.3) is 0 Å². The minimum Gasteiger partial charge on any atom is -0.371 e. The largest absolute Gasteiger partial charge is 0.371 e. The molecule has 2 amide bonds. The van der Waals surface area contributed by atoms with Crippen LogP contribution in [-0.4, -0.2) is 28.8 Å². The number of likely N-dealkylation sites (tertiary alicyclic amines) is 1. The number of carbonyl (C=O) groups is 2. The van der Waals surface area contributed by atoms with Crippen molar-refractivity contribution < 1.29 is 14.0 Å². The summed E-state index contributed by atoms with van der Waals surface area (Å²) in [5, 5.41) is 3.11. The monoisotopic (exact) mass is 284 g/mol.